The second-order valence-electron chi connectivity index (χ2n) is 5.30. The van der Waals surface area contributed by atoms with E-state index in [1.807, 2.05) is 0 Å². The summed E-state index contributed by atoms with van der Waals surface area (Å²) in [5.41, 5.74) is 0. The molecule has 0 unspecified atom stereocenters. The first-order chi connectivity index (χ1) is 19.3. The summed E-state index contributed by atoms with van der Waals surface area (Å²) in [6.45, 7) is 0.512. The molecule has 1 fully saturated rings. The molecule has 0 atom stereocenters. The van der Waals surface area contributed by atoms with Gasteiger partial charge in [-0.2, -0.15) is 0 Å². The zero-order valence-electron chi connectivity index (χ0n) is 20.6. The molecule has 6 radical (unpaired) electrons. The van der Waals surface area contributed by atoms with E-state index in [0.29, 0.717) is 0 Å². The Bertz CT molecular complexity index is 502. The van der Waals surface area contributed by atoms with Crippen molar-refractivity contribution in [3.8, 4) is 0 Å². The van der Waals surface area contributed by atoms with E-state index in [1.54, 1.807) is 0 Å². The molecule has 0 aliphatic carbocycles. The van der Waals surface area contributed by atoms with Crippen LogP contribution in [-0.2, 0) is 57.1 Å². The van der Waals surface area contributed by atoms with Crippen molar-refractivity contribution in [1.29, 1.82) is 0 Å². The Morgan fingerprint density at radius 2 is 0.525 bits per heavy atom. The molecule has 40 heavy (non-hydrogen) atoms. The van der Waals surface area contributed by atoms with Crippen LogP contribution in [0.1, 0.15) is 0 Å². The van der Waals surface area contributed by atoms with Gasteiger partial charge in [0.15, 0.2) is 0 Å². The van der Waals surface area contributed by atoms with Crippen LogP contribution < -0.4 is 0 Å². The van der Waals surface area contributed by atoms with E-state index in [1.165, 1.54) is 0 Å². The van der Waals surface area contributed by atoms with E-state index in [0.717, 1.165) is 0 Å². The molecule has 1 rings (SSSR count). The molecular weight excluding hydrogens is 959 g/mol. The fraction of sp³-hybridized carbons (Fsp3) is 0.750. The van der Waals surface area contributed by atoms with Crippen molar-refractivity contribution >= 4 is 164 Å². The molecule has 0 spiro atoms. The molecule has 0 saturated carbocycles. The third-order valence-electron chi connectivity index (χ3n) is 2.92. The van der Waals surface area contributed by atoms with Gasteiger partial charge in [-0.25, -0.2) is 59.4 Å². The Kier molecular flexibility index (Phi) is 57.2. The molecular formula is C16H24Al2Cl8O12Sn2. The quantitative estimate of drug-likeness (QED) is 0.152. The van der Waals surface area contributed by atoms with Gasteiger partial charge >= 0.3 is 124 Å². The molecule has 0 aromatic rings. The Morgan fingerprint density at radius 1 is 0.400 bits per heavy atom. The van der Waals surface area contributed by atoms with Crippen LogP contribution in [0.5, 0.6) is 0 Å². The van der Waals surface area contributed by atoms with Gasteiger partial charge in [-0.05, 0) is 0 Å². The second kappa shape index (κ2) is 46.1. The zero-order chi connectivity index (χ0) is 31.3. The van der Waals surface area contributed by atoms with Gasteiger partial charge in [0.1, 0.15) is 26.4 Å². The van der Waals surface area contributed by atoms with Gasteiger partial charge in [0.2, 0.25) is 0 Å². The van der Waals surface area contributed by atoms with E-state index in [2.05, 4.69) is 18.9 Å². The Hall–Kier alpha value is 2.70. The summed E-state index contributed by atoms with van der Waals surface area (Å²) >= 11 is -2.26. The standard InChI is InChI=1S/C16H24O12.2Al.8ClH.2Sn/c17-13-14(18)27-11-7-23-3-4-24-8-12-28-16(20)15(19)26-10-6-22-2-1-21-5-9-25-13;;;;;;;;;;;;/h1-12H2;;;8*1H;;/q;2*+2;;;;;;;;;2*+2/p-8. The molecule has 1 heterocycles. The van der Waals surface area contributed by atoms with Crippen molar-refractivity contribution in [2.24, 2.45) is 0 Å². The van der Waals surface area contributed by atoms with Crippen molar-refractivity contribution < 1.29 is 57.1 Å². The average molecular weight is 983 g/mol. The molecule has 1 saturated heterocycles. The molecule has 230 valence electrons. The third kappa shape index (κ3) is 47.6. The van der Waals surface area contributed by atoms with Crippen LogP contribution in [-0.4, -0.2) is 168 Å². The first kappa shape index (κ1) is 49.6. The summed E-state index contributed by atoms with van der Waals surface area (Å²) in [5, 5.41) is 0. The summed E-state index contributed by atoms with van der Waals surface area (Å²) in [7, 11) is 39.1. The second-order valence-corrected chi connectivity index (χ2v) is 18.1. The van der Waals surface area contributed by atoms with Crippen molar-refractivity contribution in [2.75, 3.05) is 79.3 Å². The van der Waals surface area contributed by atoms with Crippen LogP contribution >= 0.6 is 75.9 Å². The molecule has 0 amide bonds. The fourth-order valence-corrected chi connectivity index (χ4v) is 1.65. The van der Waals surface area contributed by atoms with Gasteiger partial charge in [0.05, 0.1) is 52.9 Å². The summed E-state index contributed by atoms with van der Waals surface area (Å²) in [5.74, 6) is -4.47. The van der Waals surface area contributed by atoms with Crippen LogP contribution in [0, 0.1) is 0 Å². The van der Waals surface area contributed by atoms with Crippen molar-refractivity contribution in [1.82, 2.24) is 0 Å². The summed E-state index contributed by atoms with van der Waals surface area (Å²) < 4.78 is 39.2. The monoisotopic (exact) mass is 982 g/mol. The SMILES string of the molecule is O=C1OCCOCCOCCOC(=O)C(=O)OCCOCCOCCOC1=O.[Cl][Al][Cl].[Cl][Al][Cl].[Cl][Sn][Cl].[Cl][Sn][Cl]. The molecule has 1 aliphatic rings. The Morgan fingerprint density at radius 3 is 0.675 bits per heavy atom. The number of hydrogen-bond acceptors (Lipinski definition) is 12. The number of ether oxygens (including phenoxy) is 8. The molecule has 0 aromatic carbocycles. The normalized spacial score (nSPS) is 16.6. The predicted octanol–water partition coefficient (Wildman–Crippen LogP) is 2.23. The number of carbonyl (C=O) groups is 4. The van der Waals surface area contributed by atoms with Crippen LogP contribution in [0.2, 0.25) is 0 Å². The molecule has 24 heteroatoms. The van der Waals surface area contributed by atoms with E-state index in [-0.39, 0.29) is 106 Å². The maximum absolute atomic E-state index is 11.4. The van der Waals surface area contributed by atoms with Crippen molar-refractivity contribution in [3.63, 3.8) is 0 Å². The van der Waals surface area contributed by atoms with E-state index < -0.39 is 61.7 Å². The van der Waals surface area contributed by atoms with Crippen LogP contribution in [0.4, 0.5) is 0 Å². The Labute approximate surface area is 297 Å². The predicted molar refractivity (Wildman–Crippen MR) is 157 cm³/mol. The van der Waals surface area contributed by atoms with Gasteiger partial charge < -0.3 is 37.9 Å². The maximum atomic E-state index is 11.4. The third-order valence-corrected chi connectivity index (χ3v) is 2.92. The molecule has 0 N–H and O–H groups in total. The molecule has 0 bridgehead atoms. The summed E-state index contributed by atoms with van der Waals surface area (Å²) in [4.78, 5) is 45.4. The Balaban J connectivity index is -0.000000459. The van der Waals surface area contributed by atoms with Crippen molar-refractivity contribution in [2.45, 2.75) is 0 Å². The number of halogens is 8. The van der Waals surface area contributed by atoms with Gasteiger partial charge in [0.25, 0.3) is 0 Å². The summed E-state index contributed by atoms with van der Waals surface area (Å²) in [6, 6.07) is 0. The van der Waals surface area contributed by atoms with Crippen LogP contribution in [0.3, 0.4) is 0 Å². The number of carbonyl (C=O) groups excluding carboxylic acids is 4. The van der Waals surface area contributed by atoms with E-state index >= 15 is 0 Å². The number of esters is 4. The number of hydrogen-bond donors (Lipinski definition) is 0. The average Bonchev–Trinajstić information content (AvgIpc) is 2.91. The molecule has 1 aliphatic heterocycles. The summed E-state index contributed by atoms with van der Waals surface area (Å²) in [6.07, 6.45) is 0. The fourth-order valence-electron chi connectivity index (χ4n) is 1.65. The van der Waals surface area contributed by atoms with Crippen LogP contribution in [0.15, 0.2) is 0 Å². The van der Waals surface area contributed by atoms with Gasteiger partial charge in [0, 0.05) is 0 Å². The minimum absolute atomic E-state index is 0.0618. The molecule has 12 nitrogen and oxygen atoms in total. The van der Waals surface area contributed by atoms with E-state index in [9.17, 15) is 19.2 Å². The van der Waals surface area contributed by atoms with E-state index in [4.69, 9.17) is 94.8 Å². The minimum atomic E-state index is -1.12. The zero-order valence-corrected chi connectivity index (χ0v) is 34.6. The number of cyclic esters (lactones) is 4. The van der Waals surface area contributed by atoms with Gasteiger partial charge in [-0.1, -0.05) is 0 Å². The van der Waals surface area contributed by atoms with Crippen molar-refractivity contribution in [3.05, 3.63) is 0 Å². The first-order valence-electron chi connectivity index (χ1n) is 10.2. The topological polar surface area (TPSA) is 142 Å². The molecule has 0 aromatic heterocycles. The first-order valence-corrected chi connectivity index (χ1v) is 31.7. The van der Waals surface area contributed by atoms with Gasteiger partial charge in [-0.15, -0.1) is 0 Å². The van der Waals surface area contributed by atoms with Gasteiger partial charge in [-0.3, -0.25) is 0 Å². The number of rotatable bonds is 0. The van der Waals surface area contributed by atoms with Crippen LogP contribution in [0.25, 0.3) is 0 Å².